The van der Waals surface area contributed by atoms with Gasteiger partial charge in [-0.2, -0.15) is 0 Å². The van der Waals surface area contributed by atoms with Gasteiger partial charge in [0, 0.05) is 25.3 Å². The molecular weight excluding hydrogens is 283 g/mol. The van der Waals surface area contributed by atoms with Gasteiger partial charge in [-0.15, -0.1) is 0 Å². The zero-order valence-electron chi connectivity index (χ0n) is 11.4. The first-order chi connectivity index (χ1) is 9.36. The number of nitrogens with two attached hydrogens (primary N) is 1. The SMILES string of the molecule is CC1(CNS(=O)(=O)c2ccc(F)c(CN)c2)CCCO1. The van der Waals surface area contributed by atoms with Gasteiger partial charge in [0.05, 0.1) is 10.5 Å². The average Bonchev–Trinajstić information content (AvgIpc) is 2.85. The molecule has 0 aromatic heterocycles. The Morgan fingerprint density at radius 3 is 2.85 bits per heavy atom. The third-order valence-corrected chi connectivity index (χ3v) is 4.88. The molecule has 0 saturated carbocycles. The van der Waals surface area contributed by atoms with Crippen molar-refractivity contribution in [2.24, 2.45) is 5.73 Å². The predicted octanol–water partition coefficient (Wildman–Crippen LogP) is 1.13. The van der Waals surface area contributed by atoms with E-state index in [-0.39, 0.29) is 23.5 Å². The first-order valence-corrected chi connectivity index (χ1v) is 7.97. The van der Waals surface area contributed by atoms with E-state index < -0.39 is 21.4 Å². The lowest BCUT2D eigenvalue weighted by Crippen LogP contribution is -2.40. The highest BCUT2D eigenvalue weighted by Crippen LogP contribution is 2.24. The van der Waals surface area contributed by atoms with Gasteiger partial charge in [0.2, 0.25) is 10.0 Å². The molecule has 1 unspecified atom stereocenters. The van der Waals surface area contributed by atoms with Crippen LogP contribution in [-0.2, 0) is 21.3 Å². The molecule has 1 aliphatic heterocycles. The van der Waals surface area contributed by atoms with Crippen LogP contribution in [0.25, 0.3) is 0 Å². The van der Waals surface area contributed by atoms with E-state index in [0.29, 0.717) is 6.61 Å². The van der Waals surface area contributed by atoms with E-state index >= 15 is 0 Å². The summed E-state index contributed by atoms with van der Waals surface area (Å²) in [6.07, 6.45) is 1.74. The maximum atomic E-state index is 13.3. The fourth-order valence-corrected chi connectivity index (χ4v) is 3.39. The summed E-state index contributed by atoms with van der Waals surface area (Å²) in [5, 5.41) is 0. The standard InChI is InChI=1S/C13H19FN2O3S/c1-13(5-2-6-19-13)9-16-20(17,18)11-3-4-12(14)10(7-11)8-15/h3-4,7,16H,2,5-6,8-9,15H2,1H3. The quantitative estimate of drug-likeness (QED) is 0.854. The van der Waals surface area contributed by atoms with Gasteiger partial charge in [0.25, 0.3) is 0 Å². The Morgan fingerprint density at radius 1 is 1.50 bits per heavy atom. The Labute approximate surface area is 118 Å². The number of nitrogens with one attached hydrogen (secondary N) is 1. The summed E-state index contributed by atoms with van der Waals surface area (Å²) in [6.45, 7) is 2.67. The van der Waals surface area contributed by atoms with Crippen molar-refractivity contribution in [3.05, 3.63) is 29.6 Å². The van der Waals surface area contributed by atoms with E-state index in [1.54, 1.807) is 0 Å². The molecule has 0 spiro atoms. The second kappa shape index (κ2) is 5.77. The fourth-order valence-electron chi connectivity index (χ4n) is 2.18. The molecular formula is C13H19FN2O3S. The summed E-state index contributed by atoms with van der Waals surface area (Å²) in [7, 11) is -3.69. The number of ether oxygens (including phenoxy) is 1. The second-order valence-electron chi connectivity index (χ2n) is 5.18. The molecule has 1 aromatic rings. The lowest BCUT2D eigenvalue weighted by molar-refractivity contribution is 0.0250. The van der Waals surface area contributed by atoms with Crippen LogP contribution in [0.4, 0.5) is 4.39 Å². The largest absolute Gasteiger partial charge is 0.374 e. The van der Waals surface area contributed by atoms with Crippen LogP contribution in [0.2, 0.25) is 0 Å². The number of benzene rings is 1. The van der Waals surface area contributed by atoms with Crippen molar-refractivity contribution in [2.75, 3.05) is 13.2 Å². The Bertz CT molecular complexity index is 583. The van der Waals surface area contributed by atoms with E-state index in [0.717, 1.165) is 18.9 Å². The normalized spacial score (nSPS) is 23.1. The maximum Gasteiger partial charge on any atom is 0.240 e. The summed E-state index contributed by atoms with van der Waals surface area (Å²) >= 11 is 0. The van der Waals surface area contributed by atoms with Crippen LogP contribution < -0.4 is 10.5 Å². The van der Waals surface area contributed by atoms with Crippen LogP contribution in [0, 0.1) is 5.82 Å². The Kier molecular flexibility index (Phi) is 4.43. The monoisotopic (exact) mass is 302 g/mol. The van der Waals surface area contributed by atoms with E-state index in [9.17, 15) is 12.8 Å². The van der Waals surface area contributed by atoms with Gasteiger partial charge in [0.15, 0.2) is 0 Å². The zero-order valence-corrected chi connectivity index (χ0v) is 12.2. The molecule has 1 saturated heterocycles. The molecule has 20 heavy (non-hydrogen) atoms. The zero-order chi connectivity index (χ0) is 14.8. The molecule has 3 N–H and O–H groups in total. The summed E-state index contributed by atoms with van der Waals surface area (Å²) in [5.41, 5.74) is 5.09. The molecule has 112 valence electrons. The molecule has 1 aromatic carbocycles. The lowest BCUT2D eigenvalue weighted by atomic mass is 10.0. The molecule has 0 amide bonds. The van der Waals surface area contributed by atoms with E-state index in [4.69, 9.17) is 10.5 Å². The molecule has 0 bridgehead atoms. The van der Waals surface area contributed by atoms with Crippen molar-refractivity contribution in [3.8, 4) is 0 Å². The second-order valence-corrected chi connectivity index (χ2v) is 6.95. The average molecular weight is 302 g/mol. The molecule has 0 aliphatic carbocycles. The molecule has 1 heterocycles. The van der Waals surface area contributed by atoms with Crippen molar-refractivity contribution >= 4 is 10.0 Å². The van der Waals surface area contributed by atoms with Crippen LogP contribution in [0.1, 0.15) is 25.3 Å². The number of hydrogen-bond acceptors (Lipinski definition) is 4. The van der Waals surface area contributed by atoms with Gasteiger partial charge in [0.1, 0.15) is 5.82 Å². The minimum absolute atomic E-state index is 0.0148. The molecule has 2 rings (SSSR count). The minimum Gasteiger partial charge on any atom is -0.374 e. The molecule has 7 heteroatoms. The lowest BCUT2D eigenvalue weighted by Gasteiger charge is -2.23. The third-order valence-electron chi connectivity index (χ3n) is 3.48. The highest BCUT2D eigenvalue weighted by Gasteiger charge is 2.31. The van der Waals surface area contributed by atoms with Gasteiger partial charge in [-0.05, 0) is 38.0 Å². The van der Waals surface area contributed by atoms with Crippen molar-refractivity contribution in [3.63, 3.8) is 0 Å². The number of sulfonamides is 1. The number of halogens is 1. The van der Waals surface area contributed by atoms with Crippen LogP contribution in [0.5, 0.6) is 0 Å². The maximum absolute atomic E-state index is 13.3. The highest BCUT2D eigenvalue weighted by atomic mass is 32.2. The molecule has 5 nitrogen and oxygen atoms in total. The first-order valence-electron chi connectivity index (χ1n) is 6.48. The van der Waals surface area contributed by atoms with Gasteiger partial charge in [-0.3, -0.25) is 0 Å². The number of hydrogen-bond donors (Lipinski definition) is 2. The Morgan fingerprint density at radius 2 is 2.25 bits per heavy atom. The van der Waals surface area contributed by atoms with E-state index in [2.05, 4.69) is 4.72 Å². The van der Waals surface area contributed by atoms with Crippen LogP contribution in [-0.4, -0.2) is 27.2 Å². The summed E-state index contributed by atoms with van der Waals surface area (Å²) in [5.74, 6) is -0.502. The van der Waals surface area contributed by atoms with Crippen LogP contribution in [0.3, 0.4) is 0 Å². The predicted molar refractivity (Wildman–Crippen MR) is 73.1 cm³/mol. The summed E-state index contributed by atoms with van der Waals surface area (Å²) < 4.78 is 45.7. The van der Waals surface area contributed by atoms with Gasteiger partial charge >= 0.3 is 0 Å². The Balaban J connectivity index is 2.14. The summed E-state index contributed by atoms with van der Waals surface area (Å²) in [6, 6.07) is 3.61. The molecule has 1 aliphatic rings. The van der Waals surface area contributed by atoms with Crippen molar-refractivity contribution in [2.45, 2.75) is 36.8 Å². The minimum atomic E-state index is -3.69. The van der Waals surface area contributed by atoms with Gasteiger partial charge < -0.3 is 10.5 Å². The van der Waals surface area contributed by atoms with Crippen molar-refractivity contribution in [1.82, 2.24) is 4.72 Å². The molecule has 0 radical (unpaired) electrons. The topological polar surface area (TPSA) is 81.4 Å². The van der Waals surface area contributed by atoms with E-state index in [1.165, 1.54) is 12.1 Å². The number of rotatable bonds is 5. The first kappa shape index (κ1) is 15.4. The van der Waals surface area contributed by atoms with Gasteiger partial charge in [-0.1, -0.05) is 0 Å². The molecule has 1 atom stereocenters. The molecule has 1 fully saturated rings. The van der Waals surface area contributed by atoms with E-state index in [1.807, 2.05) is 6.92 Å². The van der Waals surface area contributed by atoms with Crippen molar-refractivity contribution in [1.29, 1.82) is 0 Å². The van der Waals surface area contributed by atoms with Crippen LogP contribution >= 0.6 is 0 Å². The summed E-state index contributed by atoms with van der Waals surface area (Å²) in [4.78, 5) is 0.0148. The van der Waals surface area contributed by atoms with Crippen LogP contribution in [0.15, 0.2) is 23.1 Å². The smallest absolute Gasteiger partial charge is 0.240 e. The highest BCUT2D eigenvalue weighted by molar-refractivity contribution is 7.89. The van der Waals surface area contributed by atoms with Crippen molar-refractivity contribution < 1.29 is 17.5 Å². The third kappa shape index (κ3) is 3.35. The Hall–Kier alpha value is -1.02. The van der Waals surface area contributed by atoms with Gasteiger partial charge in [-0.25, -0.2) is 17.5 Å². The fraction of sp³-hybridized carbons (Fsp3) is 0.538.